The Morgan fingerprint density at radius 2 is 0.685 bits per heavy atom. The maximum absolute atomic E-state index is 2.62. The zero-order valence-electron chi connectivity index (χ0n) is 39.7. The molecular formula is C54H96. The van der Waals surface area contributed by atoms with E-state index in [0.717, 1.165) is 112 Å². The molecule has 0 heteroatoms. The van der Waals surface area contributed by atoms with E-state index in [4.69, 9.17) is 0 Å². The van der Waals surface area contributed by atoms with Crippen molar-refractivity contribution in [2.75, 3.05) is 0 Å². The third kappa shape index (κ3) is 5.70. The van der Waals surface area contributed by atoms with Gasteiger partial charge in [0, 0.05) is 0 Å². The molecule has 9 saturated carbocycles. The van der Waals surface area contributed by atoms with Crippen molar-refractivity contribution in [2.45, 2.75) is 201 Å². The highest BCUT2D eigenvalue weighted by molar-refractivity contribution is 5.18. The van der Waals surface area contributed by atoms with Gasteiger partial charge in [0.05, 0.1) is 0 Å². The van der Waals surface area contributed by atoms with Gasteiger partial charge in [-0.25, -0.2) is 0 Å². The smallest absolute Gasteiger partial charge is 0.0269 e. The normalized spacial score (nSPS) is 53.8. The molecule has 0 nitrogen and oxygen atoms in total. The van der Waals surface area contributed by atoms with Crippen molar-refractivity contribution in [3.8, 4) is 0 Å². The number of rotatable bonds is 7. The highest BCUT2D eigenvalue weighted by Gasteiger charge is 2.70. The second-order valence-electron chi connectivity index (χ2n) is 25.7. The minimum Gasteiger partial charge on any atom is -0.0654 e. The maximum atomic E-state index is 2.62. The van der Waals surface area contributed by atoms with Gasteiger partial charge in [-0.1, -0.05) is 163 Å². The molecule has 0 spiro atoms. The van der Waals surface area contributed by atoms with E-state index in [1.54, 1.807) is 25.7 Å². The highest BCUT2D eigenvalue weighted by Crippen LogP contribution is 2.77. The topological polar surface area (TPSA) is 0 Å². The van der Waals surface area contributed by atoms with E-state index < -0.39 is 0 Å². The lowest BCUT2D eigenvalue weighted by atomic mass is 9.53. The van der Waals surface area contributed by atoms with Crippen LogP contribution in [0, 0.1) is 140 Å². The van der Waals surface area contributed by atoms with Gasteiger partial charge in [-0.2, -0.15) is 0 Å². The summed E-state index contributed by atoms with van der Waals surface area (Å²) in [4.78, 5) is 0. The first-order chi connectivity index (χ1) is 25.2. The third-order valence-electron chi connectivity index (χ3n) is 23.6. The number of hydrogen-bond donors (Lipinski definition) is 0. The van der Waals surface area contributed by atoms with Gasteiger partial charge in [-0.3, -0.25) is 0 Å². The van der Waals surface area contributed by atoms with Crippen molar-refractivity contribution >= 4 is 0 Å². The van der Waals surface area contributed by atoms with Crippen molar-refractivity contribution in [3.63, 3.8) is 0 Å². The number of fused-ring (bicyclic) bond motifs is 15. The molecule has 312 valence electrons. The van der Waals surface area contributed by atoms with Crippen molar-refractivity contribution in [3.05, 3.63) is 0 Å². The van der Waals surface area contributed by atoms with Crippen molar-refractivity contribution in [1.82, 2.24) is 0 Å². The SMILES string of the molecule is CCCC1CC(C)C2C1C1CC2C(C)(C)C1(C)C.CCCC1CC(C)C2C1C1CC2C(C)(C)C1(C)C.CCCC1CC(C)C2C3CC(C12)C(C)(CC)C3C. The molecule has 0 N–H and O–H groups in total. The molecule has 20 unspecified atom stereocenters. The lowest BCUT2D eigenvalue weighted by Gasteiger charge is -2.52. The number of hydrogen-bond acceptors (Lipinski definition) is 0. The van der Waals surface area contributed by atoms with Crippen LogP contribution in [0.3, 0.4) is 0 Å². The van der Waals surface area contributed by atoms with Gasteiger partial charge in [-0.15, -0.1) is 0 Å². The standard InChI is InChI=1S/3C18H32/c2*1-7-8-12-9-11(2)15-13-10-14(16(12)15)18(5,6)17(13,3)4;1-6-8-13-9-11(3)16-14-10-15(17(13)16)18(5,7-2)12(14)4/h2*11-16H,7-10H2,1-6H3;11-17H,6-10H2,1-5H3. The summed E-state index contributed by atoms with van der Waals surface area (Å²) >= 11 is 0. The van der Waals surface area contributed by atoms with Crippen LogP contribution >= 0.6 is 0 Å². The molecule has 20 atom stereocenters. The van der Waals surface area contributed by atoms with Gasteiger partial charge in [0.2, 0.25) is 0 Å². The van der Waals surface area contributed by atoms with Crippen LogP contribution in [0.5, 0.6) is 0 Å². The first-order valence-electron chi connectivity index (χ1n) is 25.2. The summed E-state index contributed by atoms with van der Waals surface area (Å²) < 4.78 is 0. The molecule has 54 heavy (non-hydrogen) atoms. The Morgan fingerprint density at radius 1 is 0.370 bits per heavy atom. The van der Waals surface area contributed by atoms with Crippen molar-refractivity contribution in [2.24, 2.45) is 140 Å². The van der Waals surface area contributed by atoms with Crippen LogP contribution in [0.15, 0.2) is 0 Å². The van der Waals surface area contributed by atoms with Crippen molar-refractivity contribution < 1.29 is 0 Å². The molecule has 0 aliphatic heterocycles. The largest absolute Gasteiger partial charge is 0.0654 e. The summed E-state index contributed by atoms with van der Waals surface area (Å²) in [5, 5.41) is 0. The average molecular weight is 745 g/mol. The lowest BCUT2D eigenvalue weighted by molar-refractivity contribution is -0.0390. The fourth-order valence-corrected chi connectivity index (χ4v) is 19.8. The lowest BCUT2D eigenvalue weighted by Crippen LogP contribution is -2.46. The molecule has 0 heterocycles. The molecule has 0 amide bonds. The zero-order valence-corrected chi connectivity index (χ0v) is 39.7. The summed E-state index contributed by atoms with van der Waals surface area (Å²) in [5.74, 6) is 19.9. The Kier molecular flexibility index (Phi) is 11.2. The molecular weight excluding hydrogens is 649 g/mol. The first-order valence-corrected chi connectivity index (χ1v) is 25.2. The van der Waals surface area contributed by atoms with Crippen LogP contribution in [0.4, 0.5) is 0 Å². The Labute approximate surface area is 339 Å². The average Bonchev–Trinajstić information content (AvgIpc) is 3.96. The molecule has 9 rings (SSSR count). The molecule has 6 bridgehead atoms. The molecule has 9 aliphatic carbocycles. The predicted octanol–water partition coefficient (Wildman–Crippen LogP) is 16.1. The second-order valence-corrected chi connectivity index (χ2v) is 25.7. The highest BCUT2D eigenvalue weighted by atomic mass is 14.7. The maximum Gasteiger partial charge on any atom is -0.0269 e. The van der Waals surface area contributed by atoms with Crippen LogP contribution in [0.1, 0.15) is 201 Å². The van der Waals surface area contributed by atoms with Gasteiger partial charge in [0.1, 0.15) is 0 Å². The summed E-state index contributed by atoms with van der Waals surface area (Å²) in [6.07, 6.45) is 19.3. The summed E-state index contributed by atoms with van der Waals surface area (Å²) in [6, 6.07) is 0. The Balaban J connectivity index is 0.000000125. The molecule has 9 fully saturated rings. The molecule has 0 aromatic carbocycles. The Hall–Kier alpha value is 0. The Morgan fingerprint density at radius 3 is 1.02 bits per heavy atom. The van der Waals surface area contributed by atoms with E-state index in [1.165, 1.54) is 57.8 Å². The fraction of sp³-hybridized carbons (Fsp3) is 1.00. The molecule has 9 aliphatic rings. The van der Waals surface area contributed by atoms with Crippen LogP contribution < -0.4 is 0 Å². The van der Waals surface area contributed by atoms with E-state index in [0.29, 0.717) is 27.1 Å². The van der Waals surface area contributed by atoms with E-state index in [2.05, 4.69) is 118 Å². The summed E-state index contributed by atoms with van der Waals surface area (Å²) in [5.41, 5.74) is 2.92. The van der Waals surface area contributed by atoms with Crippen LogP contribution in [-0.2, 0) is 0 Å². The van der Waals surface area contributed by atoms with Gasteiger partial charge in [-0.05, 0) is 178 Å². The Bertz CT molecular complexity index is 1230. The van der Waals surface area contributed by atoms with Gasteiger partial charge in [0.15, 0.2) is 0 Å². The van der Waals surface area contributed by atoms with Crippen LogP contribution in [0.25, 0.3) is 0 Å². The predicted molar refractivity (Wildman–Crippen MR) is 235 cm³/mol. The third-order valence-corrected chi connectivity index (χ3v) is 23.6. The van der Waals surface area contributed by atoms with Gasteiger partial charge < -0.3 is 0 Å². The summed E-state index contributed by atoms with van der Waals surface area (Å²) in [6.45, 7) is 43.0. The fourth-order valence-electron chi connectivity index (χ4n) is 19.8. The van der Waals surface area contributed by atoms with E-state index in [1.807, 2.05) is 0 Å². The second kappa shape index (κ2) is 14.3. The van der Waals surface area contributed by atoms with Crippen LogP contribution in [-0.4, -0.2) is 0 Å². The minimum absolute atomic E-state index is 0.564. The molecule has 0 saturated heterocycles. The van der Waals surface area contributed by atoms with E-state index in [9.17, 15) is 0 Å². The van der Waals surface area contributed by atoms with Gasteiger partial charge in [0.25, 0.3) is 0 Å². The minimum atomic E-state index is 0.564. The van der Waals surface area contributed by atoms with Gasteiger partial charge >= 0.3 is 0 Å². The van der Waals surface area contributed by atoms with E-state index >= 15 is 0 Å². The molecule has 0 radical (unpaired) electrons. The molecule has 0 aromatic rings. The first kappa shape index (κ1) is 42.1. The summed E-state index contributed by atoms with van der Waals surface area (Å²) in [7, 11) is 0. The monoisotopic (exact) mass is 745 g/mol. The van der Waals surface area contributed by atoms with E-state index in [-0.39, 0.29) is 0 Å². The molecule has 0 aromatic heterocycles. The zero-order chi connectivity index (χ0) is 39.7. The van der Waals surface area contributed by atoms with Crippen molar-refractivity contribution in [1.29, 1.82) is 0 Å². The quantitative estimate of drug-likeness (QED) is 0.243. The van der Waals surface area contributed by atoms with Crippen LogP contribution in [0.2, 0.25) is 0 Å².